The number of ether oxygens (including phenoxy) is 1. The maximum atomic E-state index is 13.1. The summed E-state index contributed by atoms with van der Waals surface area (Å²) in [6.45, 7) is 0.622. The van der Waals surface area contributed by atoms with Crippen LogP contribution in [-0.2, 0) is 12.3 Å². The van der Waals surface area contributed by atoms with Gasteiger partial charge in [0.25, 0.3) is 5.91 Å². The quantitative estimate of drug-likeness (QED) is 0.587. The number of carbonyl (C=O) groups excluding carboxylic acids is 1. The fourth-order valence-corrected chi connectivity index (χ4v) is 3.74. The molecule has 1 N–H and O–H groups in total. The summed E-state index contributed by atoms with van der Waals surface area (Å²) in [5.41, 5.74) is 2.99. The molecule has 1 amide bonds. The lowest BCUT2D eigenvalue weighted by molar-refractivity contribution is 0.0730. The highest BCUT2D eigenvalue weighted by atomic mass is 32.2. The van der Waals surface area contributed by atoms with E-state index < -0.39 is 0 Å². The Hall–Kier alpha value is -2.80. The lowest BCUT2D eigenvalue weighted by Crippen LogP contribution is -2.32. The molecule has 1 heterocycles. The van der Waals surface area contributed by atoms with Gasteiger partial charge in [0.05, 0.1) is 7.11 Å². The average Bonchev–Trinajstić information content (AvgIpc) is 3.45. The Labute approximate surface area is 168 Å². The molecule has 1 aliphatic rings. The zero-order valence-corrected chi connectivity index (χ0v) is 16.5. The predicted octanol–water partition coefficient (Wildman–Crippen LogP) is 3.91. The number of hydrogen-bond acceptors (Lipinski definition) is 5. The van der Waals surface area contributed by atoms with Crippen LogP contribution in [0.25, 0.3) is 0 Å². The molecule has 1 saturated carbocycles. The van der Waals surface area contributed by atoms with E-state index in [0.717, 1.165) is 46.2 Å². The minimum absolute atomic E-state index is 0.0905. The summed E-state index contributed by atoms with van der Waals surface area (Å²) >= 11 is 1.59. The minimum Gasteiger partial charge on any atom is -0.497 e. The highest BCUT2D eigenvalue weighted by Gasteiger charge is 2.33. The third-order valence-electron chi connectivity index (χ3n) is 4.73. The molecule has 3 aromatic rings. The van der Waals surface area contributed by atoms with Crippen molar-refractivity contribution in [3.63, 3.8) is 0 Å². The molecule has 0 aliphatic heterocycles. The molecule has 1 aliphatic carbocycles. The number of amides is 1. The topological polar surface area (TPSA) is 71.1 Å². The van der Waals surface area contributed by atoms with Gasteiger partial charge in [-0.15, -0.1) is 0 Å². The number of carbonyl (C=O) groups is 1. The number of aromatic amines is 1. The Bertz CT molecular complexity index is 907. The van der Waals surface area contributed by atoms with Crippen LogP contribution in [0.15, 0.2) is 60.0 Å². The molecule has 144 valence electrons. The van der Waals surface area contributed by atoms with Crippen molar-refractivity contribution in [1.29, 1.82) is 0 Å². The number of nitrogens with zero attached hydrogens (tertiary/aromatic N) is 3. The van der Waals surface area contributed by atoms with Crippen molar-refractivity contribution < 1.29 is 9.53 Å². The first-order chi connectivity index (χ1) is 13.7. The summed E-state index contributed by atoms with van der Waals surface area (Å²) in [6.07, 6.45) is 3.65. The second-order valence-electron chi connectivity index (χ2n) is 6.79. The molecule has 28 heavy (non-hydrogen) atoms. The normalized spacial score (nSPS) is 13.3. The van der Waals surface area contributed by atoms with E-state index in [0.29, 0.717) is 12.6 Å². The summed E-state index contributed by atoms with van der Waals surface area (Å²) in [7, 11) is 1.66. The third-order valence-corrected chi connectivity index (χ3v) is 5.68. The fraction of sp³-hybridized carbons (Fsp3) is 0.286. The second-order valence-corrected chi connectivity index (χ2v) is 7.75. The van der Waals surface area contributed by atoms with Gasteiger partial charge < -0.3 is 9.64 Å². The van der Waals surface area contributed by atoms with Crippen molar-refractivity contribution >= 4 is 17.7 Å². The van der Waals surface area contributed by atoms with Gasteiger partial charge in [-0.3, -0.25) is 9.89 Å². The number of H-pyrrole nitrogens is 1. The molecule has 1 aromatic heterocycles. The largest absolute Gasteiger partial charge is 0.497 e. The van der Waals surface area contributed by atoms with Crippen LogP contribution in [0.5, 0.6) is 5.75 Å². The van der Waals surface area contributed by atoms with Crippen LogP contribution in [-0.4, -0.2) is 39.1 Å². The molecule has 0 spiro atoms. The van der Waals surface area contributed by atoms with E-state index in [1.54, 1.807) is 18.9 Å². The fourth-order valence-electron chi connectivity index (χ4n) is 3.01. The maximum Gasteiger partial charge on any atom is 0.254 e. The van der Waals surface area contributed by atoms with Gasteiger partial charge in [-0.05, 0) is 48.2 Å². The molecular weight excluding hydrogens is 372 g/mol. The van der Waals surface area contributed by atoms with E-state index in [4.69, 9.17) is 4.74 Å². The first-order valence-electron chi connectivity index (χ1n) is 9.24. The highest BCUT2D eigenvalue weighted by Crippen LogP contribution is 2.30. The van der Waals surface area contributed by atoms with Gasteiger partial charge in [-0.2, -0.15) is 5.10 Å². The monoisotopic (exact) mass is 394 g/mol. The summed E-state index contributed by atoms with van der Waals surface area (Å²) in [4.78, 5) is 19.2. The van der Waals surface area contributed by atoms with Crippen molar-refractivity contribution in [3.8, 4) is 5.75 Å². The van der Waals surface area contributed by atoms with Gasteiger partial charge in [0, 0.05) is 23.9 Å². The van der Waals surface area contributed by atoms with Gasteiger partial charge in [0.1, 0.15) is 12.1 Å². The van der Waals surface area contributed by atoms with E-state index in [9.17, 15) is 4.79 Å². The molecule has 7 heteroatoms. The van der Waals surface area contributed by atoms with E-state index >= 15 is 0 Å². The van der Waals surface area contributed by atoms with Crippen LogP contribution >= 0.6 is 11.8 Å². The molecule has 0 saturated heterocycles. The van der Waals surface area contributed by atoms with Crippen molar-refractivity contribution in [1.82, 2.24) is 20.1 Å². The first-order valence-corrected chi connectivity index (χ1v) is 10.2. The summed E-state index contributed by atoms with van der Waals surface area (Å²) < 4.78 is 5.21. The van der Waals surface area contributed by atoms with Gasteiger partial charge >= 0.3 is 0 Å². The number of hydrogen-bond donors (Lipinski definition) is 1. The molecule has 4 rings (SSSR count). The molecule has 0 bridgehead atoms. The van der Waals surface area contributed by atoms with E-state index in [2.05, 4.69) is 15.2 Å². The Kier molecular flexibility index (Phi) is 5.62. The molecule has 0 radical (unpaired) electrons. The van der Waals surface area contributed by atoms with Crippen LogP contribution in [0.4, 0.5) is 0 Å². The molecule has 0 atom stereocenters. The number of rotatable bonds is 8. The second kappa shape index (κ2) is 8.48. The zero-order valence-electron chi connectivity index (χ0n) is 15.7. The van der Waals surface area contributed by atoms with Gasteiger partial charge in [-0.1, -0.05) is 36.0 Å². The number of aromatic nitrogens is 3. The predicted molar refractivity (Wildman–Crippen MR) is 108 cm³/mol. The molecule has 1 fully saturated rings. The van der Waals surface area contributed by atoms with Gasteiger partial charge in [0.15, 0.2) is 5.16 Å². The average molecular weight is 395 g/mol. The summed E-state index contributed by atoms with van der Waals surface area (Å²) in [5.74, 6) is 1.70. The van der Waals surface area contributed by atoms with Gasteiger partial charge in [-0.25, -0.2) is 4.98 Å². The van der Waals surface area contributed by atoms with Crippen LogP contribution in [0.2, 0.25) is 0 Å². The number of nitrogens with one attached hydrogen (secondary N) is 1. The summed E-state index contributed by atoms with van der Waals surface area (Å²) in [5, 5.41) is 7.47. The van der Waals surface area contributed by atoms with Crippen molar-refractivity contribution in [2.75, 3.05) is 7.11 Å². The molecule has 2 aromatic carbocycles. The van der Waals surface area contributed by atoms with Crippen molar-refractivity contribution in [3.05, 3.63) is 71.5 Å². The Balaban J connectivity index is 1.41. The number of thioether (sulfide) groups is 1. The van der Waals surface area contributed by atoms with Crippen molar-refractivity contribution in [2.24, 2.45) is 0 Å². The van der Waals surface area contributed by atoms with E-state index in [1.807, 2.05) is 53.4 Å². The highest BCUT2D eigenvalue weighted by molar-refractivity contribution is 7.98. The molecule has 6 nitrogen and oxygen atoms in total. The SMILES string of the molecule is COc1ccc(CN(C(=O)c2ccc(CSc3ncn[nH]3)cc2)C2CC2)cc1. The summed E-state index contributed by atoms with van der Waals surface area (Å²) in [6, 6.07) is 16.1. The molecule has 0 unspecified atom stereocenters. The maximum absolute atomic E-state index is 13.1. The van der Waals surface area contributed by atoms with E-state index in [1.165, 1.54) is 6.33 Å². The third kappa shape index (κ3) is 4.54. The minimum atomic E-state index is 0.0905. The smallest absolute Gasteiger partial charge is 0.254 e. The lowest BCUT2D eigenvalue weighted by Gasteiger charge is -2.23. The number of methoxy groups -OCH3 is 1. The lowest BCUT2D eigenvalue weighted by atomic mass is 10.1. The van der Waals surface area contributed by atoms with Crippen LogP contribution < -0.4 is 4.74 Å². The Morgan fingerprint density at radius 2 is 1.86 bits per heavy atom. The Morgan fingerprint density at radius 3 is 2.46 bits per heavy atom. The standard InChI is InChI=1S/C21H22N4O2S/c1-27-19-10-4-15(5-11-19)12-25(18-8-9-18)20(26)17-6-2-16(3-7-17)13-28-21-22-14-23-24-21/h2-7,10-11,14,18H,8-9,12-13H2,1H3,(H,22,23,24). The van der Waals surface area contributed by atoms with E-state index in [-0.39, 0.29) is 5.91 Å². The zero-order chi connectivity index (χ0) is 19.3. The first kappa shape index (κ1) is 18.6. The van der Waals surface area contributed by atoms with Crippen LogP contribution in [0.1, 0.15) is 34.3 Å². The van der Waals surface area contributed by atoms with Crippen LogP contribution in [0, 0.1) is 0 Å². The van der Waals surface area contributed by atoms with Crippen LogP contribution in [0.3, 0.4) is 0 Å². The number of benzene rings is 2. The van der Waals surface area contributed by atoms with Gasteiger partial charge in [0.2, 0.25) is 0 Å². The van der Waals surface area contributed by atoms with Crippen molar-refractivity contribution in [2.45, 2.75) is 36.3 Å². The Morgan fingerprint density at radius 1 is 1.14 bits per heavy atom. The molecular formula is C21H22N4O2S.